The molecular formula is C20H25N. The van der Waals surface area contributed by atoms with Crippen molar-refractivity contribution in [2.45, 2.75) is 45.1 Å². The van der Waals surface area contributed by atoms with Crippen molar-refractivity contribution in [2.75, 3.05) is 6.54 Å². The molecule has 1 aliphatic carbocycles. The van der Waals surface area contributed by atoms with E-state index in [9.17, 15) is 0 Å². The second kappa shape index (κ2) is 6.03. The van der Waals surface area contributed by atoms with Crippen LogP contribution < -0.4 is 5.32 Å². The maximum atomic E-state index is 3.56. The molecule has 0 aliphatic heterocycles. The number of aryl methyl sites for hydroxylation is 1. The molecule has 0 saturated heterocycles. The van der Waals surface area contributed by atoms with Crippen LogP contribution in [-0.4, -0.2) is 6.54 Å². The van der Waals surface area contributed by atoms with Gasteiger partial charge in [0.25, 0.3) is 0 Å². The molecule has 21 heavy (non-hydrogen) atoms. The Morgan fingerprint density at radius 1 is 1.00 bits per heavy atom. The molecule has 3 rings (SSSR count). The SMILES string of the molecule is CC1(C)CCc2cc(CNCCc3ccccc3)ccc21. The molecule has 0 spiro atoms. The van der Waals surface area contributed by atoms with Gasteiger partial charge in [-0.3, -0.25) is 0 Å². The highest BCUT2D eigenvalue weighted by Crippen LogP contribution is 2.38. The molecule has 1 N–H and O–H groups in total. The zero-order valence-electron chi connectivity index (χ0n) is 13.2. The number of nitrogens with one attached hydrogen (secondary N) is 1. The Hall–Kier alpha value is -1.60. The van der Waals surface area contributed by atoms with E-state index in [0.717, 1.165) is 19.5 Å². The summed E-state index contributed by atoms with van der Waals surface area (Å²) in [6, 6.07) is 17.7. The van der Waals surface area contributed by atoms with Crippen LogP contribution in [0.4, 0.5) is 0 Å². The van der Waals surface area contributed by atoms with Crippen LogP contribution in [-0.2, 0) is 24.8 Å². The van der Waals surface area contributed by atoms with E-state index in [1.165, 1.54) is 24.0 Å². The molecule has 1 aliphatic rings. The van der Waals surface area contributed by atoms with E-state index in [4.69, 9.17) is 0 Å². The van der Waals surface area contributed by atoms with E-state index < -0.39 is 0 Å². The van der Waals surface area contributed by atoms with Crippen LogP contribution >= 0.6 is 0 Å². The first-order valence-corrected chi connectivity index (χ1v) is 8.02. The minimum absolute atomic E-state index is 0.370. The fraction of sp³-hybridized carbons (Fsp3) is 0.400. The highest BCUT2D eigenvalue weighted by Gasteiger charge is 2.29. The Bertz CT molecular complexity index is 598. The van der Waals surface area contributed by atoms with Crippen LogP contribution in [0.2, 0.25) is 0 Å². The van der Waals surface area contributed by atoms with Crippen molar-refractivity contribution in [3.63, 3.8) is 0 Å². The summed E-state index contributed by atoms with van der Waals surface area (Å²) in [5.74, 6) is 0. The molecule has 0 heterocycles. The Labute approximate surface area is 128 Å². The Balaban J connectivity index is 1.53. The first-order valence-electron chi connectivity index (χ1n) is 8.02. The highest BCUT2D eigenvalue weighted by atomic mass is 14.8. The van der Waals surface area contributed by atoms with Gasteiger partial charge in [-0.05, 0) is 53.5 Å². The Kier molecular flexibility index (Phi) is 4.12. The second-order valence-electron chi connectivity index (χ2n) is 6.79. The fourth-order valence-corrected chi connectivity index (χ4v) is 3.32. The molecule has 0 unspecified atom stereocenters. The van der Waals surface area contributed by atoms with Crippen LogP contribution in [0.3, 0.4) is 0 Å². The molecule has 0 saturated carbocycles. The minimum Gasteiger partial charge on any atom is -0.312 e. The van der Waals surface area contributed by atoms with Gasteiger partial charge in [0.15, 0.2) is 0 Å². The van der Waals surface area contributed by atoms with Crippen molar-refractivity contribution >= 4 is 0 Å². The van der Waals surface area contributed by atoms with Crippen molar-refractivity contribution < 1.29 is 0 Å². The lowest BCUT2D eigenvalue weighted by atomic mass is 9.86. The van der Waals surface area contributed by atoms with Crippen LogP contribution in [0.5, 0.6) is 0 Å². The van der Waals surface area contributed by atoms with E-state index in [2.05, 4.69) is 67.7 Å². The van der Waals surface area contributed by atoms with Crippen molar-refractivity contribution in [1.29, 1.82) is 0 Å². The molecule has 0 aromatic heterocycles. The lowest BCUT2D eigenvalue weighted by Gasteiger charge is -2.19. The van der Waals surface area contributed by atoms with Gasteiger partial charge in [0.05, 0.1) is 0 Å². The van der Waals surface area contributed by atoms with Crippen LogP contribution in [0.1, 0.15) is 42.5 Å². The predicted octanol–water partition coefficient (Wildman–Crippen LogP) is 4.24. The molecule has 2 aromatic carbocycles. The number of rotatable bonds is 5. The summed E-state index contributed by atoms with van der Waals surface area (Å²) in [4.78, 5) is 0. The summed E-state index contributed by atoms with van der Waals surface area (Å²) in [6.07, 6.45) is 3.62. The topological polar surface area (TPSA) is 12.0 Å². The Morgan fingerprint density at radius 3 is 2.62 bits per heavy atom. The van der Waals surface area contributed by atoms with E-state index in [1.807, 2.05) is 0 Å². The molecule has 0 atom stereocenters. The van der Waals surface area contributed by atoms with Gasteiger partial charge in [0.2, 0.25) is 0 Å². The largest absolute Gasteiger partial charge is 0.312 e. The maximum Gasteiger partial charge on any atom is 0.0205 e. The van der Waals surface area contributed by atoms with Crippen molar-refractivity contribution in [3.8, 4) is 0 Å². The third-order valence-corrected chi connectivity index (χ3v) is 4.68. The quantitative estimate of drug-likeness (QED) is 0.807. The van der Waals surface area contributed by atoms with Crippen LogP contribution in [0.25, 0.3) is 0 Å². The van der Waals surface area contributed by atoms with Gasteiger partial charge in [-0.2, -0.15) is 0 Å². The minimum atomic E-state index is 0.370. The molecule has 1 nitrogen and oxygen atoms in total. The summed E-state index contributed by atoms with van der Waals surface area (Å²) in [6.45, 7) is 6.72. The molecule has 1 heteroatoms. The zero-order valence-corrected chi connectivity index (χ0v) is 13.2. The van der Waals surface area contributed by atoms with E-state index >= 15 is 0 Å². The summed E-state index contributed by atoms with van der Waals surface area (Å²) in [5.41, 5.74) is 6.30. The first kappa shape index (κ1) is 14.3. The smallest absolute Gasteiger partial charge is 0.0205 e. The Morgan fingerprint density at radius 2 is 1.81 bits per heavy atom. The predicted molar refractivity (Wildman–Crippen MR) is 89.6 cm³/mol. The van der Waals surface area contributed by atoms with Gasteiger partial charge >= 0.3 is 0 Å². The lowest BCUT2D eigenvalue weighted by molar-refractivity contribution is 0.522. The van der Waals surface area contributed by atoms with Gasteiger partial charge in [-0.1, -0.05) is 62.4 Å². The first-order chi connectivity index (χ1) is 10.1. The third-order valence-electron chi connectivity index (χ3n) is 4.68. The van der Waals surface area contributed by atoms with E-state index in [0.29, 0.717) is 5.41 Å². The lowest BCUT2D eigenvalue weighted by Crippen LogP contribution is -2.17. The van der Waals surface area contributed by atoms with Gasteiger partial charge in [0.1, 0.15) is 0 Å². The monoisotopic (exact) mass is 279 g/mol. The molecule has 0 fully saturated rings. The molecule has 0 bridgehead atoms. The number of fused-ring (bicyclic) bond motifs is 1. The van der Waals surface area contributed by atoms with Crippen LogP contribution in [0, 0.1) is 0 Å². The normalized spacial score (nSPS) is 15.9. The average molecular weight is 279 g/mol. The molecule has 2 aromatic rings. The van der Waals surface area contributed by atoms with Gasteiger partial charge in [-0.15, -0.1) is 0 Å². The number of hydrogen-bond donors (Lipinski definition) is 1. The number of benzene rings is 2. The summed E-state index contributed by atoms with van der Waals surface area (Å²) in [7, 11) is 0. The molecule has 0 amide bonds. The maximum absolute atomic E-state index is 3.56. The van der Waals surface area contributed by atoms with E-state index in [1.54, 1.807) is 11.1 Å². The summed E-state index contributed by atoms with van der Waals surface area (Å²) < 4.78 is 0. The summed E-state index contributed by atoms with van der Waals surface area (Å²) in [5, 5.41) is 3.56. The van der Waals surface area contributed by atoms with Gasteiger partial charge < -0.3 is 5.32 Å². The highest BCUT2D eigenvalue weighted by molar-refractivity contribution is 5.40. The third kappa shape index (κ3) is 3.36. The second-order valence-corrected chi connectivity index (χ2v) is 6.79. The molecule has 110 valence electrons. The number of hydrogen-bond acceptors (Lipinski definition) is 1. The fourth-order valence-electron chi connectivity index (χ4n) is 3.32. The molecule has 0 radical (unpaired) electrons. The van der Waals surface area contributed by atoms with Gasteiger partial charge in [-0.25, -0.2) is 0 Å². The molecular weight excluding hydrogens is 254 g/mol. The van der Waals surface area contributed by atoms with Crippen molar-refractivity contribution in [2.24, 2.45) is 0 Å². The van der Waals surface area contributed by atoms with E-state index in [-0.39, 0.29) is 0 Å². The zero-order chi connectivity index (χ0) is 14.7. The summed E-state index contributed by atoms with van der Waals surface area (Å²) >= 11 is 0. The van der Waals surface area contributed by atoms with Crippen molar-refractivity contribution in [1.82, 2.24) is 5.32 Å². The standard InChI is InChI=1S/C20H25N/c1-20(2)12-10-18-14-17(8-9-19(18)20)15-21-13-11-16-6-4-3-5-7-16/h3-9,14,21H,10-13,15H2,1-2H3. The van der Waals surface area contributed by atoms with Crippen LogP contribution in [0.15, 0.2) is 48.5 Å². The average Bonchev–Trinajstić information content (AvgIpc) is 2.80. The van der Waals surface area contributed by atoms with Gasteiger partial charge in [0, 0.05) is 6.54 Å². The van der Waals surface area contributed by atoms with Crippen molar-refractivity contribution in [3.05, 3.63) is 70.8 Å².